The van der Waals surface area contributed by atoms with E-state index in [1.165, 1.54) is 10.9 Å². The fourth-order valence-corrected chi connectivity index (χ4v) is 2.93. The molecule has 4 heterocycles. The number of hydrogen-bond acceptors (Lipinski definition) is 4. The van der Waals surface area contributed by atoms with Gasteiger partial charge < -0.3 is 9.97 Å². The molecule has 0 saturated heterocycles. The zero-order chi connectivity index (χ0) is 21.5. The summed E-state index contributed by atoms with van der Waals surface area (Å²) in [6.07, 6.45) is 1.50. The summed E-state index contributed by atoms with van der Waals surface area (Å²) in [5.74, 6) is -4.07. The minimum atomic E-state index is -1.07. The van der Waals surface area contributed by atoms with Gasteiger partial charge >= 0.3 is 21.1 Å². The van der Waals surface area contributed by atoms with Gasteiger partial charge in [-0.2, -0.15) is 15.1 Å². The van der Waals surface area contributed by atoms with E-state index < -0.39 is 29.2 Å². The summed E-state index contributed by atoms with van der Waals surface area (Å²) in [4.78, 5) is 10.7. The third kappa shape index (κ3) is 4.56. The molecular weight excluding hydrogens is 593 g/mol. The molecule has 0 spiro atoms. The molecule has 0 aliphatic rings. The van der Waals surface area contributed by atoms with Gasteiger partial charge in [0.05, 0.1) is 11.6 Å². The summed E-state index contributed by atoms with van der Waals surface area (Å²) in [7, 11) is 0. The fourth-order valence-electron chi connectivity index (χ4n) is 2.93. The quantitative estimate of drug-likeness (QED) is 0.199. The van der Waals surface area contributed by atoms with Crippen molar-refractivity contribution in [3.05, 3.63) is 89.9 Å². The van der Waals surface area contributed by atoms with Gasteiger partial charge in [-0.15, -0.1) is 24.3 Å². The zero-order valence-corrected chi connectivity index (χ0v) is 18.4. The van der Waals surface area contributed by atoms with Crippen molar-refractivity contribution in [3.8, 4) is 16.9 Å². The minimum Gasteiger partial charge on any atom is -0.322 e. The summed E-state index contributed by atoms with van der Waals surface area (Å²) in [5, 5.41) is 4.35. The summed E-state index contributed by atoms with van der Waals surface area (Å²) in [5.41, 5.74) is 0.630. The van der Waals surface area contributed by atoms with Crippen molar-refractivity contribution in [1.29, 1.82) is 0 Å². The van der Waals surface area contributed by atoms with E-state index in [0.29, 0.717) is 17.1 Å². The molecule has 0 atom stereocenters. The molecule has 0 aromatic carbocycles. The molecule has 4 aromatic rings. The molecule has 4 rings (SSSR count). The monoisotopic (exact) mass is 606 g/mol. The summed E-state index contributed by atoms with van der Waals surface area (Å²) in [6, 6.07) is 13.4. The topological polar surface area (TPSA) is 56.5 Å². The first-order valence-corrected chi connectivity index (χ1v) is 8.77. The molecule has 0 aliphatic carbocycles. The van der Waals surface area contributed by atoms with Crippen molar-refractivity contribution in [2.75, 3.05) is 0 Å². The van der Waals surface area contributed by atoms with Crippen molar-refractivity contribution >= 4 is 0 Å². The number of rotatable bonds is 4. The molecule has 0 saturated carbocycles. The largest absolute Gasteiger partial charge is 2.00 e. The first-order valence-electron chi connectivity index (χ1n) is 8.77. The van der Waals surface area contributed by atoms with E-state index in [0.717, 1.165) is 12.1 Å². The van der Waals surface area contributed by atoms with Gasteiger partial charge in [0, 0.05) is 23.0 Å². The van der Waals surface area contributed by atoms with E-state index in [1.54, 1.807) is 24.3 Å². The van der Waals surface area contributed by atoms with E-state index in [2.05, 4.69) is 32.2 Å². The molecule has 5 nitrogen and oxygen atoms in total. The van der Waals surface area contributed by atoms with Crippen LogP contribution in [0.5, 0.6) is 0 Å². The van der Waals surface area contributed by atoms with E-state index in [1.807, 2.05) is 13.8 Å². The van der Waals surface area contributed by atoms with Crippen LogP contribution in [0.2, 0.25) is 0 Å². The number of pyridine rings is 3. The fraction of sp³-hybridized carbons (Fsp3) is 0.143. The molecule has 0 radical (unpaired) electrons. The molecule has 0 fully saturated rings. The van der Waals surface area contributed by atoms with Crippen LogP contribution in [-0.2, 0) is 26.5 Å². The van der Waals surface area contributed by atoms with E-state index in [9.17, 15) is 17.6 Å². The summed E-state index contributed by atoms with van der Waals surface area (Å²) in [6.45, 7) is 3.68. The van der Waals surface area contributed by atoms with Gasteiger partial charge in [-0.3, -0.25) is 13.5 Å². The van der Waals surface area contributed by atoms with Crippen LogP contribution in [-0.4, -0.2) is 24.7 Å². The Morgan fingerprint density at radius 2 is 1.71 bits per heavy atom. The smallest absolute Gasteiger partial charge is 0.322 e. The Kier molecular flexibility index (Phi) is 6.36. The Morgan fingerprint density at radius 1 is 0.935 bits per heavy atom. The van der Waals surface area contributed by atoms with Crippen molar-refractivity contribution < 1.29 is 38.6 Å². The third-order valence-electron chi connectivity index (χ3n) is 4.56. The molecule has 160 valence electrons. The van der Waals surface area contributed by atoms with Gasteiger partial charge in [0.15, 0.2) is 11.9 Å². The Morgan fingerprint density at radius 3 is 2.42 bits per heavy atom. The van der Waals surface area contributed by atoms with Crippen molar-refractivity contribution in [3.63, 3.8) is 0 Å². The average Bonchev–Trinajstić information content (AvgIpc) is 3.18. The second-order valence-corrected chi connectivity index (χ2v) is 6.95. The summed E-state index contributed by atoms with van der Waals surface area (Å²) >= 11 is 0. The molecule has 31 heavy (non-hydrogen) atoms. The van der Waals surface area contributed by atoms with Gasteiger partial charge in [0.1, 0.15) is 5.95 Å². The van der Waals surface area contributed by atoms with Gasteiger partial charge in [-0.1, -0.05) is 12.1 Å². The van der Waals surface area contributed by atoms with Crippen LogP contribution in [0.15, 0.2) is 42.6 Å². The molecular formula is C21H13F4N5Pt. The maximum atomic E-state index is 13.9. The molecule has 0 aliphatic heterocycles. The van der Waals surface area contributed by atoms with E-state index in [-0.39, 0.29) is 32.3 Å². The number of nitrogens with zero attached hydrogens (tertiary/aromatic N) is 5. The van der Waals surface area contributed by atoms with E-state index >= 15 is 0 Å². The van der Waals surface area contributed by atoms with Crippen LogP contribution >= 0.6 is 0 Å². The second kappa shape index (κ2) is 8.67. The van der Waals surface area contributed by atoms with Crippen molar-refractivity contribution in [2.24, 2.45) is 0 Å². The third-order valence-corrected chi connectivity index (χ3v) is 4.56. The average molecular weight is 606 g/mol. The van der Waals surface area contributed by atoms with Gasteiger partial charge in [-0.25, -0.2) is 9.37 Å². The van der Waals surface area contributed by atoms with Crippen LogP contribution in [0.25, 0.3) is 16.9 Å². The maximum absolute atomic E-state index is 13.9. The normalized spacial score (nSPS) is 11.3. The first-order chi connectivity index (χ1) is 14.2. The van der Waals surface area contributed by atoms with Gasteiger partial charge in [0.25, 0.3) is 0 Å². The number of hydrogen-bond donors (Lipinski definition) is 0. The molecule has 0 bridgehead atoms. The van der Waals surface area contributed by atoms with E-state index in [4.69, 9.17) is 0 Å². The van der Waals surface area contributed by atoms with Crippen LogP contribution in [0.1, 0.15) is 25.2 Å². The van der Waals surface area contributed by atoms with Gasteiger partial charge in [0.2, 0.25) is 0 Å². The molecule has 0 N–H and O–H groups in total. The predicted molar refractivity (Wildman–Crippen MR) is 98.5 cm³/mol. The Bertz CT molecular complexity index is 1220. The maximum Gasteiger partial charge on any atom is 2.00 e. The molecule has 0 amide bonds. The molecule has 4 aromatic heterocycles. The Hall–Kier alpha value is -2.93. The standard InChI is InChI=1S/C21H13F4N5.Pt/c1-21(2,16-8-9-30(29-16)14-6-7-17(22)28-20(14)25)15-5-3-4-13(26-15)12-10-18(23)27-19(24)11-12;/h3-5,7-10H,1-2H3;/q-2;+2. The van der Waals surface area contributed by atoms with Crippen molar-refractivity contribution in [2.45, 2.75) is 19.3 Å². The molecule has 10 heteroatoms. The second-order valence-electron chi connectivity index (χ2n) is 6.95. The first kappa shape index (κ1) is 22.7. The Labute approximate surface area is 189 Å². The number of halogens is 4. The van der Waals surface area contributed by atoms with Crippen LogP contribution in [0.3, 0.4) is 0 Å². The van der Waals surface area contributed by atoms with Crippen LogP contribution in [0, 0.1) is 35.9 Å². The minimum absolute atomic E-state index is 0. The molecule has 0 unspecified atom stereocenters. The zero-order valence-electron chi connectivity index (χ0n) is 16.1. The van der Waals surface area contributed by atoms with Crippen molar-refractivity contribution in [1.82, 2.24) is 24.7 Å². The summed E-state index contributed by atoms with van der Waals surface area (Å²) < 4.78 is 55.1. The SMILES string of the molecule is CC(C)(c1cccc(-c2[c-]c(F)nc(F)c2)n1)c1ccn(-c2[c-]cc(F)nc2F)n1.[Pt+2]. The van der Waals surface area contributed by atoms with Crippen LogP contribution in [0.4, 0.5) is 17.6 Å². The van der Waals surface area contributed by atoms with Gasteiger partial charge in [-0.05, 0) is 31.7 Å². The number of aromatic nitrogens is 5. The Balaban J connectivity index is 0.00000272. The predicted octanol–water partition coefficient (Wildman–Crippen LogP) is 4.20. The van der Waals surface area contributed by atoms with Crippen LogP contribution < -0.4 is 0 Å².